The number of methoxy groups -OCH3 is 3. The van der Waals surface area contributed by atoms with Crippen molar-refractivity contribution in [3.8, 4) is 28.7 Å². The first kappa shape index (κ1) is 18.7. The van der Waals surface area contributed by atoms with Gasteiger partial charge < -0.3 is 28.4 Å². The molecule has 0 N–H and O–H groups in total. The Bertz CT molecular complexity index is 864. The van der Waals surface area contributed by atoms with E-state index in [0.717, 1.165) is 11.1 Å². The van der Waals surface area contributed by atoms with E-state index in [0.29, 0.717) is 34.7 Å². The molecule has 4 rings (SSSR count). The van der Waals surface area contributed by atoms with Gasteiger partial charge in [-0.05, 0) is 41.7 Å². The molecule has 0 radical (unpaired) electrons. The summed E-state index contributed by atoms with van der Waals surface area (Å²) in [6, 6.07) is 9.88. The zero-order valence-corrected chi connectivity index (χ0v) is 16.9. The van der Waals surface area contributed by atoms with E-state index in [1.54, 1.807) is 21.3 Å². The molecule has 150 valence electrons. The van der Waals surface area contributed by atoms with Crippen LogP contribution < -0.4 is 23.7 Å². The molecule has 6 heteroatoms. The summed E-state index contributed by atoms with van der Waals surface area (Å²) in [6.07, 6.45) is -0.174. The average Bonchev–Trinajstić information content (AvgIpc) is 3.32. The van der Waals surface area contributed by atoms with Crippen LogP contribution in [0.4, 0.5) is 0 Å². The second-order valence-corrected chi connectivity index (χ2v) is 7.23. The van der Waals surface area contributed by atoms with Crippen molar-refractivity contribution in [3.05, 3.63) is 41.5 Å². The predicted octanol–water partition coefficient (Wildman–Crippen LogP) is 4.53. The Hall–Kier alpha value is -2.60. The summed E-state index contributed by atoms with van der Waals surface area (Å²) in [7, 11) is 4.93. The van der Waals surface area contributed by atoms with Gasteiger partial charge in [0.2, 0.25) is 12.5 Å². The number of ether oxygens (including phenoxy) is 6. The Morgan fingerprint density at radius 2 is 1.57 bits per heavy atom. The SMILES string of the molecule is COc1ccc(C2OC(c3ccc4c(c3OC)OCO4)C(C)[C@@H]2C)cc1OC. The Balaban J connectivity index is 1.68. The van der Waals surface area contributed by atoms with Crippen molar-refractivity contribution in [1.29, 1.82) is 0 Å². The first-order valence-electron chi connectivity index (χ1n) is 9.42. The van der Waals surface area contributed by atoms with Gasteiger partial charge >= 0.3 is 0 Å². The summed E-state index contributed by atoms with van der Waals surface area (Å²) in [5.41, 5.74) is 2.05. The quantitative estimate of drug-likeness (QED) is 0.753. The van der Waals surface area contributed by atoms with Gasteiger partial charge in [0.05, 0.1) is 33.5 Å². The minimum absolute atomic E-state index is 0.0602. The van der Waals surface area contributed by atoms with Crippen LogP contribution in [0.25, 0.3) is 0 Å². The molecule has 2 aromatic rings. The first-order valence-corrected chi connectivity index (χ1v) is 9.42. The van der Waals surface area contributed by atoms with E-state index in [1.807, 2.05) is 30.3 Å². The molecule has 2 aliphatic heterocycles. The van der Waals surface area contributed by atoms with Crippen molar-refractivity contribution < 1.29 is 28.4 Å². The number of fused-ring (bicyclic) bond motifs is 1. The Kier molecular flexibility index (Phi) is 4.98. The molecule has 0 aromatic heterocycles. The summed E-state index contributed by atoms with van der Waals surface area (Å²) < 4.78 is 34.1. The van der Waals surface area contributed by atoms with Crippen LogP contribution in [0.2, 0.25) is 0 Å². The fraction of sp³-hybridized carbons (Fsp3) is 0.455. The summed E-state index contributed by atoms with van der Waals surface area (Å²) >= 11 is 0. The zero-order chi connectivity index (χ0) is 19.8. The molecule has 1 fully saturated rings. The van der Waals surface area contributed by atoms with Crippen LogP contribution in [0.1, 0.15) is 37.2 Å². The largest absolute Gasteiger partial charge is 0.493 e. The molecule has 0 saturated carbocycles. The molecule has 2 aromatic carbocycles. The van der Waals surface area contributed by atoms with Crippen LogP contribution in [0.3, 0.4) is 0 Å². The third kappa shape index (κ3) is 2.92. The van der Waals surface area contributed by atoms with Crippen LogP contribution in [0.5, 0.6) is 28.7 Å². The van der Waals surface area contributed by atoms with Gasteiger partial charge in [-0.1, -0.05) is 19.9 Å². The average molecular weight is 386 g/mol. The lowest BCUT2D eigenvalue weighted by molar-refractivity contribution is 0.0275. The van der Waals surface area contributed by atoms with Gasteiger partial charge in [0, 0.05) is 5.56 Å². The van der Waals surface area contributed by atoms with Crippen LogP contribution in [-0.2, 0) is 4.74 Å². The Labute approximate surface area is 165 Å². The molecule has 3 unspecified atom stereocenters. The highest BCUT2D eigenvalue weighted by Gasteiger charge is 2.43. The van der Waals surface area contributed by atoms with E-state index < -0.39 is 0 Å². The van der Waals surface area contributed by atoms with E-state index in [-0.39, 0.29) is 24.9 Å². The highest BCUT2D eigenvalue weighted by Crippen LogP contribution is 2.54. The maximum Gasteiger partial charge on any atom is 0.231 e. The number of hydrogen-bond donors (Lipinski definition) is 0. The second kappa shape index (κ2) is 7.43. The molecular formula is C22H26O6. The lowest BCUT2D eigenvalue weighted by Gasteiger charge is -2.20. The Morgan fingerprint density at radius 1 is 0.821 bits per heavy atom. The molecule has 2 heterocycles. The molecule has 28 heavy (non-hydrogen) atoms. The standard InChI is InChI=1S/C22H26O6/c1-12-13(2)20(15-7-9-17-22(21(15)25-5)27-11-26-17)28-19(12)14-6-8-16(23-3)18(10-14)24-4/h6-10,12-13,19-20H,11H2,1-5H3/t12-,13?,19?,20?/m0/s1. The molecule has 0 bridgehead atoms. The predicted molar refractivity (Wildman–Crippen MR) is 104 cm³/mol. The van der Waals surface area contributed by atoms with Crippen molar-refractivity contribution in [3.63, 3.8) is 0 Å². The lowest BCUT2D eigenvalue weighted by atomic mass is 9.85. The molecule has 0 spiro atoms. The van der Waals surface area contributed by atoms with Gasteiger partial charge in [0.15, 0.2) is 23.0 Å². The van der Waals surface area contributed by atoms with Crippen molar-refractivity contribution >= 4 is 0 Å². The topological polar surface area (TPSA) is 55.4 Å². The summed E-state index contributed by atoms with van der Waals surface area (Å²) in [5.74, 6) is 4.04. The monoisotopic (exact) mass is 386 g/mol. The highest BCUT2D eigenvalue weighted by atomic mass is 16.7. The van der Waals surface area contributed by atoms with Gasteiger partial charge in [-0.3, -0.25) is 0 Å². The second-order valence-electron chi connectivity index (χ2n) is 7.23. The zero-order valence-electron chi connectivity index (χ0n) is 16.9. The van der Waals surface area contributed by atoms with Crippen molar-refractivity contribution in [1.82, 2.24) is 0 Å². The third-order valence-corrected chi connectivity index (χ3v) is 5.85. The third-order valence-electron chi connectivity index (χ3n) is 5.85. The fourth-order valence-electron chi connectivity index (χ4n) is 4.12. The minimum atomic E-state index is -0.113. The van der Waals surface area contributed by atoms with Gasteiger partial charge in [0.25, 0.3) is 0 Å². The molecular weight excluding hydrogens is 360 g/mol. The maximum atomic E-state index is 6.56. The molecule has 4 atom stereocenters. The van der Waals surface area contributed by atoms with Gasteiger partial charge in [-0.25, -0.2) is 0 Å². The van der Waals surface area contributed by atoms with Crippen molar-refractivity contribution in [2.45, 2.75) is 26.1 Å². The Morgan fingerprint density at radius 3 is 2.29 bits per heavy atom. The smallest absolute Gasteiger partial charge is 0.231 e. The van der Waals surface area contributed by atoms with Crippen LogP contribution in [0, 0.1) is 11.8 Å². The number of rotatable bonds is 5. The van der Waals surface area contributed by atoms with Crippen molar-refractivity contribution in [2.24, 2.45) is 11.8 Å². The maximum absolute atomic E-state index is 6.56. The molecule has 0 aliphatic carbocycles. The van der Waals surface area contributed by atoms with Crippen LogP contribution in [-0.4, -0.2) is 28.1 Å². The summed E-state index contributed by atoms with van der Waals surface area (Å²) in [6.45, 7) is 4.63. The number of benzene rings is 2. The van der Waals surface area contributed by atoms with Gasteiger partial charge in [-0.15, -0.1) is 0 Å². The van der Waals surface area contributed by atoms with E-state index in [2.05, 4.69) is 13.8 Å². The first-order chi connectivity index (χ1) is 13.6. The van der Waals surface area contributed by atoms with E-state index in [1.165, 1.54) is 0 Å². The van der Waals surface area contributed by atoms with Crippen LogP contribution >= 0.6 is 0 Å². The lowest BCUT2D eigenvalue weighted by Crippen LogP contribution is -2.10. The van der Waals surface area contributed by atoms with E-state index in [9.17, 15) is 0 Å². The minimum Gasteiger partial charge on any atom is -0.493 e. The van der Waals surface area contributed by atoms with E-state index >= 15 is 0 Å². The normalized spacial score (nSPS) is 25.6. The molecule has 6 nitrogen and oxygen atoms in total. The van der Waals surface area contributed by atoms with Crippen LogP contribution in [0.15, 0.2) is 30.3 Å². The molecule has 1 saturated heterocycles. The van der Waals surface area contributed by atoms with Gasteiger partial charge in [-0.2, -0.15) is 0 Å². The summed E-state index contributed by atoms with van der Waals surface area (Å²) in [5, 5.41) is 0. The summed E-state index contributed by atoms with van der Waals surface area (Å²) in [4.78, 5) is 0. The van der Waals surface area contributed by atoms with Crippen molar-refractivity contribution in [2.75, 3.05) is 28.1 Å². The molecule has 2 aliphatic rings. The fourth-order valence-corrected chi connectivity index (χ4v) is 4.12. The number of hydrogen-bond acceptors (Lipinski definition) is 6. The van der Waals surface area contributed by atoms with Gasteiger partial charge in [0.1, 0.15) is 0 Å². The molecule has 0 amide bonds. The highest BCUT2D eigenvalue weighted by molar-refractivity contribution is 5.58. The van der Waals surface area contributed by atoms with E-state index in [4.69, 9.17) is 28.4 Å².